The van der Waals surface area contributed by atoms with E-state index in [-0.39, 0.29) is 0 Å². The molecule has 90 valence electrons. The fourth-order valence-corrected chi connectivity index (χ4v) is 2.61. The summed E-state index contributed by atoms with van der Waals surface area (Å²) in [5.41, 5.74) is 0. The normalized spacial score (nSPS) is 17.0. The Morgan fingerprint density at radius 2 is 2.12 bits per heavy atom. The highest BCUT2D eigenvalue weighted by atomic mass is 16.3. The lowest BCUT2D eigenvalue weighted by Crippen LogP contribution is -2.14. The van der Waals surface area contributed by atoms with E-state index in [2.05, 4.69) is 5.32 Å². The number of unbranched alkanes of at least 4 members (excludes halogenated alkanes) is 1. The van der Waals surface area contributed by atoms with Crippen molar-refractivity contribution in [3.63, 3.8) is 0 Å². The van der Waals surface area contributed by atoms with Crippen LogP contribution in [0.4, 0.5) is 0 Å². The third kappa shape index (κ3) is 4.01. The van der Waals surface area contributed by atoms with Gasteiger partial charge in [-0.3, -0.25) is 0 Å². The summed E-state index contributed by atoms with van der Waals surface area (Å²) in [4.78, 5) is 0. The van der Waals surface area contributed by atoms with Gasteiger partial charge in [0.1, 0.15) is 5.76 Å². The maximum Gasteiger partial charge on any atom is 0.117 e. The average molecular weight is 221 g/mol. The third-order valence-electron chi connectivity index (χ3n) is 3.57. The predicted molar refractivity (Wildman–Crippen MR) is 66.2 cm³/mol. The molecule has 0 atom stereocenters. The van der Waals surface area contributed by atoms with Crippen molar-refractivity contribution in [3.05, 3.63) is 24.2 Å². The summed E-state index contributed by atoms with van der Waals surface area (Å²) in [6.07, 6.45) is 11.8. The summed E-state index contributed by atoms with van der Waals surface area (Å²) in [7, 11) is 0. The quantitative estimate of drug-likeness (QED) is 0.710. The molecule has 0 unspecified atom stereocenters. The largest absolute Gasteiger partial charge is 0.468 e. The van der Waals surface area contributed by atoms with Crippen LogP contribution in [0.2, 0.25) is 0 Å². The Morgan fingerprint density at radius 1 is 1.25 bits per heavy atom. The van der Waals surface area contributed by atoms with Crippen molar-refractivity contribution in [2.24, 2.45) is 5.92 Å². The molecule has 2 heteroatoms. The minimum Gasteiger partial charge on any atom is -0.468 e. The number of nitrogens with one attached hydrogen (secondary N) is 1. The van der Waals surface area contributed by atoms with Crippen LogP contribution in [0, 0.1) is 5.92 Å². The first-order valence-corrected chi connectivity index (χ1v) is 6.68. The van der Waals surface area contributed by atoms with Crippen LogP contribution in [0.25, 0.3) is 0 Å². The summed E-state index contributed by atoms with van der Waals surface area (Å²) in [5.74, 6) is 2.08. The minimum absolute atomic E-state index is 0.871. The Hall–Kier alpha value is -0.760. The summed E-state index contributed by atoms with van der Waals surface area (Å²) in [6, 6.07) is 3.96. The second-order valence-electron chi connectivity index (χ2n) is 4.90. The molecule has 1 aromatic heterocycles. The summed E-state index contributed by atoms with van der Waals surface area (Å²) in [5, 5.41) is 3.42. The van der Waals surface area contributed by atoms with Crippen LogP contribution in [0.15, 0.2) is 22.8 Å². The van der Waals surface area contributed by atoms with E-state index in [1.165, 1.54) is 44.9 Å². The highest BCUT2D eigenvalue weighted by Crippen LogP contribution is 2.28. The second-order valence-corrected chi connectivity index (χ2v) is 4.90. The van der Waals surface area contributed by atoms with Gasteiger partial charge in [-0.15, -0.1) is 0 Å². The molecule has 1 N–H and O–H groups in total. The van der Waals surface area contributed by atoms with Crippen LogP contribution in [0.1, 0.15) is 50.7 Å². The topological polar surface area (TPSA) is 25.2 Å². The van der Waals surface area contributed by atoms with Gasteiger partial charge in [0.2, 0.25) is 0 Å². The van der Waals surface area contributed by atoms with Crippen LogP contribution in [-0.4, -0.2) is 6.54 Å². The predicted octanol–water partition coefficient (Wildman–Crippen LogP) is 3.73. The van der Waals surface area contributed by atoms with E-state index in [0.717, 1.165) is 24.8 Å². The molecule has 0 amide bonds. The van der Waals surface area contributed by atoms with E-state index in [1.54, 1.807) is 6.26 Å². The molecule has 1 aliphatic rings. The van der Waals surface area contributed by atoms with Gasteiger partial charge in [-0.2, -0.15) is 0 Å². The molecule has 2 rings (SSSR count). The molecule has 2 nitrogen and oxygen atoms in total. The van der Waals surface area contributed by atoms with Crippen molar-refractivity contribution in [1.29, 1.82) is 0 Å². The number of hydrogen-bond acceptors (Lipinski definition) is 2. The van der Waals surface area contributed by atoms with Crippen LogP contribution < -0.4 is 5.32 Å². The Bertz CT molecular complexity index is 262. The zero-order valence-electron chi connectivity index (χ0n) is 10.1. The number of rotatable bonds is 7. The lowest BCUT2D eigenvalue weighted by atomic mass is 10.0. The summed E-state index contributed by atoms with van der Waals surface area (Å²) < 4.78 is 5.26. The van der Waals surface area contributed by atoms with E-state index in [1.807, 2.05) is 12.1 Å². The minimum atomic E-state index is 0.871. The number of furan rings is 1. The molecule has 0 spiro atoms. The molecular weight excluding hydrogens is 198 g/mol. The van der Waals surface area contributed by atoms with Crippen molar-refractivity contribution in [2.45, 2.75) is 51.5 Å². The molecule has 0 radical (unpaired) electrons. The highest BCUT2D eigenvalue weighted by Gasteiger charge is 2.13. The average Bonchev–Trinajstić information content (AvgIpc) is 2.96. The van der Waals surface area contributed by atoms with Gasteiger partial charge in [-0.25, -0.2) is 0 Å². The molecule has 1 fully saturated rings. The van der Waals surface area contributed by atoms with Crippen LogP contribution in [0.3, 0.4) is 0 Å². The Morgan fingerprint density at radius 3 is 2.88 bits per heavy atom. The van der Waals surface area contributed by atoms with Gasteiger partial charge in [0, 0.05) is 0 Å². The van der Waals surface area contributed by atoms with Crippen molar-refractivity contribution in [3.8, 4) is 0 Å². The molecule has 1 saturated carbocycles. The molecule has 0 aromatic carbocycles. The first-order chi connectivity index (χ1) is 7.95. The molecule has 1 aromatic rings. The molecule has 1 aliphatic carbocycles. The fraction of sp³-hybridized carbons (Fsp3) is 0.714. The third-order valence-corrected chi connectivity index (χ3v) is 3.57. The van der Waals surface area contributed by atoms with E-state index >= 15 is 0 Å². The molecule has 0 saturated heterocycles. The van der Waals surface area contributed by atoms with Gasteiger partial charge in [0.05, 0.1) is 12.8 Å². The molecule has 16 heavy (non-hydrogen) atoms. The van der Waals surface area contributed by atoms with E-state index in [4.69, 9.17) is 4.42 Å². The fourth-order valence-electron chi connectivity index (χ4n) is 2.61. The maximum atomic E-state index is 5.26. The van der Waals surface area contributed by atoms with Gasteiger partial charge in [0.15, 0.2) is 0 Å². The van der Waals surface area contributed by atoms with Crippen molar-refractivity contribution in [1.82, 2.24) is 5.32 Å². The van der Waals surface area contributed by atoms with Crippen LogP contribution >= 0.6 is 0 Å². The standard InChI is InChI=1S/C14H23NO/c1-2-7-13(6-1)8-3-4-10-15-12-14-9-5-11-16-14/h5,9,11,13,15H,1-4,6-8,10,12H2. The highest BCUT2D eigenvalue weighted by molar-refractivity contribution is 4.97. The zero-order valence-corrected chi connectivity index (χ0v) is 10.1. The van der Waals surface area contributed by atoms with Gasteiger partial charge in [-0.1, -0.05) is 38.5 Å². The van der Waals surface area contributed by atoms with Crippen molar-refractivity contribution < 1.29 is 4.42 Å². The van der Waals surface area contributed by atoms with Crippen LogP contribution in [0.5, 0.6) is 0 Å². The lowest BCUT2D eigenvalue weighted by Gasteiger charge is -2.08. The van der Waals surface area contributed by atoms with Crippen molar-refractivity contribution >= 4 is 0 Å². The van der Waals surface area contributed by atoms with E-state index in [0.29, 0.717) is 0 Å². The Kier molecular flexibility index (Phi) is 4.94. The Balaban J connectivity index is 1.43. The first-order valence-electron chi connectivity index (χ1n) is 6.68. The van der Waals surface area contributed by atoms with Gasteiger partial charge < -0.3 is 9.73 Å². The molecule has 0 aliphatic heterocycles. The summed E-state index contributed by atoms with van der Waals surface area (Å²) in [6.45, 7) is 1.99. The first kappa shape index (κ1) is 11.7. The second kappa shape index (κ2) is 6.74. The lowest BCUT2D eigenvalue weighted by molar-refractivity contribution is 0.452. The zero-order chi connectivity index (χ0) is 11.1. The molecule has 1 heterocycles. The smallest absolute Gasteiger partial charge is 0.117 e. The molecule has 0 bridgehead atoms. The SMILES string of the molecule is c1coc(CNCCCCC2CCCC2)c1. The van der Waals surface area contributed by atoms with E-state index < -0.39 is 0 Å². The monoisotopic (exact) mass is 221 g/mol. The van der Waals surface area contributed by atoms with Gasteiger partial charge in [-0.05, 0) is 31.0 Å². The summed E-state index contributed by atoms with van der Waals surface area (Å²) >= 11 is 0. The molecular formula is C14H23NO. The number of hydrogen-bond donors (Lipinski definition) is 1. The van der Waals surface area contributed by atoms with Gasteiger partial charge in [0.25, 0.3) is 0 Å². The Labute approximate surface area is 98.4 Å². The maximum absolute atomic E-state index is 5.26. The van der Waals surface area contributed by atoms with Crippen LogP contribution in [-0.2, 0) is 6.54 Å². The van der Waals surface area contributed by atoms with E-state index in [9.17, 15) is 0 Å². The van der Waals surface area contributed by atoms with Gasteiger partial charge >= 0.3 is 0 Å². The van der Waals surface area contributed by atoms with Crippen molar-refractivity contribution in [2.75, 3.05) is 6.54 Å².